The van der Waals surface area contributed by atoms with E-state index in [-0.39, 0.29) is 11.9 Å². The molecule has 120 valence electrons. The molecule has 0 atom stereocenters. The van der Waals surface area contributed by atoms with Crippen molar-refractivity contribution in [1.82, 2.24) is 10.3 Å². The Hall–Kier alpha value is -2.72. The average Bonchev–Trinajstić information content (AvgIpc) is 3.05. The maximum absolute atomic E-state index is 12.4. The van der Waals surface area contributed by atoms with Crippen LogP contribution in [0.25, 0.3) is 6.08 Å². The Kier molecular flexibility index (Phi) is 5.18. The molecule has 24 heavy (non-hydrogen) atoms. The second-order valence-electron chi connectivity index (χ2n) is 5.39. The summed E-state index contributed by atoms with van der Waals surface area (Å²) in [6.07, 6.45) is 3.28. The Morgan fingerprint density at radius 1 is 1.04 bits per heavy atom. The Morgan fingerprint density at radius 2 is 1.62 bits per heavy atom. The highest BCUT2D eigenvalue weighted by atomic mass is 32.1. The lowest BCUT2D eigenvalue weighted by atomic mass is 9.99. The molecule has 0 aliphatic carbocycles. The van der Waals surface area contributed by atoms with Crippen molar-refractivity contribution in [2.24, 2.45) is 0 Å². The summed E-state index contributed by atoms with van der Waals surface area (Å²) in [5.41, 5.74) is 2.91. The van der Waals surface area contributed by atoms with Crippen LogP contribution in [-0.4, -0.2) is 10.9 Å². The molecule has 3 nitrogen and oxygen atoms in total. The first-order valence-corrected chi connectivity index (χ1v) is 8.61. The van der Waals surface area contributed by atoms with Crippen LogP contribution in [0.4, 0.5) is 0 Å². The van der Waals surface area contributed by atoms with Gasteiger partial charge in [0.05, 0.1) is 16.7 Å². The van der Waals surface area contributed by atoms with E-state index in [2.05, 4.69) is 10.3 Å². The van der Waals surface area contributed by atoms with E-state index in [1.165, 1.54) is 6.08 Å². The van der Waals surface area contributed by atoms with Crippen molar-refractivity contribution in [1.29, 1.82) is 0 Å². The summed E-state index contributed by atoms with van der Waals surface area (Å²) in [4.78, 5) is 16.7. The van der Waals surface area contributed by atoms with Crippen LogP contribution < -0.4 is 5.32 Å². The molecule has 0 bridgehead atoms. The predicted octanol–water partition coefficient (Wildman–Crippen LogP) is 4.37. The Labute approximate surface area is 145 Å². The van der Waals surface area contributed by atoms with Gasteiger partial charge < -0.3 is 5.32 Å². The van der Waals surface area contributed by atoms with E-state index in [1.807, 2.05) is 73.0 Å². The first-order chi connectivity index (χ1) is 11.7. The summed E-state index contributed by atoms with van der Waals surface area (Å²) in [5, 5.41) is 6.00. The fourth-order valence-electron chi connectivity index (χ4n) is 2.46. The smallest absolute Gasteiger partial charge is 0.244 e. The highest BCUT2D eigenvalue weighted by Crippen LogP contribution is 2.21. The number of aromatic nitrogens is 1. The van der Waals surface area contributed by atoms with Gasteiger partial charge in [0.25, 0.3) is 0 Å². The first-order valence-electron chi connectivity index (χ1n) is 7.73. The fraction of sp³-hybridized carbons (Fsp3) is 0.100. The maximum atomic E-state index is 12.4. The van der Waals surface area contributed by atoms with Gasteiger partial charge in [0.15, 0.2) is 0 Å². The molecule has 0 radical (unpaired) electrons. The molecule has 0 spiro atoms. The summed E-state index contributed by atoms with van der Waals surface area (Å²) in [6, 6.07) is 19.7. The number of carbonyl (C=O) groups is 1. The summed E-state index contributed by atoms with van der Waals surface area (Å²) >= 11 is 1.57. The van der Waals surface area contributed by atoms with Gasteiger partial charge >= 0.3 is 0 Å². The van der Waals surface area contributed by atoms with Gasteiger partial charge in [0.1, 0.15) is 0 Å². The van der Waals surface area contributed by atoms with E-state index in [0.29, 0.717) is 0 Å². The molecule has 0 unspecified atom stereocenters. The molecule has 0 saturated carbocycles. The van der Waals surface area contributed by atoms with Gasteiger partial charge in [-0.1, -0.05) is 60.7 Å². The second kappa shape index (κ2) is 7.70. The summed E-state index contributed by atoms with van der Waals surface area (Å²) in [5.74, 6) is -0.140. The van der Waals surface area contributed by atoms with E-state index in [4.69, 9.17) is 0 Å². The van der Waals surface area contributed by atoms with E-state index in [0.717, 1.165) is 21.8 Å². The largest absolute Gasteiger partial charge is 0.342 e. The minimum Gasteiger partial charge on any atom is -0.342 e. The van der Waals surface area contributed by atoms with E-state index in [1.54, 1.807) is 17.4 Å². The molecule has 0 aliphatic rings. The van der Waals surface area contributed by atoms with Crippen LogP contribution in [-0.2, 0) is 4.79 Å². The lowest BCUT2D eigenvalue weighted by Gasteiger charge is -2.19. The number of nitrogens with one attached hydrogen (secondary N) is 1. The van der Waals surface area contributed by atoms with E-state index < -0.39 is 0 Å². The Bertz CT molecular complexity index is 786. The molecule has 0 aliphatic heterocycles. The lowest BCUT2D eigenvalue weighted by molar-refractivity contribution is -0.116. The third-order valence-corrected chi connectivity index (χ3v) is 4.39. The Morgan fingerprint density at radius 3 is 2.12 bits per heavy atom. The third kappa shape index (κ3) is 4.18. The van der Waals surface area contributed by atoms with Gasteiger partial charge in [0, 0.05) is 11.5 Å². The molecule has 1 heterocycles. The third-order valence-electron chi connectivity index (χ3n) is 3.59. The van der Waals surface area contributed by atoms with Crippen molar-refractivity contribution in [2.45, 2.75) is 13.0 Å². The van der Waals surface area contributed by atoms with Gasteiger partial charge in [-0.25, -0.2) is 4.98 Å². The quantitative estimate of drug-likeness (QED) is 0.704. The molecule has 1 aromatic heterocycles. The van der Waals surface area contributed by atoms with Gasteiger partial charge in [-0.15, -0.1) is 11.3 Å². The number of rotatable bonds is 5. The van der Waals surface area contributed by atoms with E-state index in [9.17, 15) is 4.79 Å². The van der Waals surface area contributed by atoms with Crippen molar-refractivity contribution < 1.29 is 4.79 Å². The number of carbonyl (C=O) groups excluding carboxylic acids is 1. The lowest BCUT2D eigenvalue weighted by Crippen LogP contribution is -2.27. The number of nitrogens with zero attached hydrogens (tertiary/aromatic N) is 1. The zero-order valence-electron chi connectivity index (χ0n) is 13.3. The second-order valence-corrected chi connectivity index (χ2v) is 6.45. The minimum atomic E-state index is -0.179. The maximum Gasteiger partial charge on any atom is 0.244 e. The highest BCUT2D eigenvalue weighted by Gasteiger charge is 2.15. The zero-order chi connectivity index (χ0) is 16.8. The molecular weight excluding hydrogens is 316 g/mol. The first kappa shape index (κ1) is 16.1. The predicted molar refractivity (Wildman–Crippen MR) is 98.8 cm³/mol. The van der Waals surface area contributed by atoms with Crippen LogP contribution in [0.15, 0.2) is 72.1 Å². The van der Waals surface area contributed by atoms with Gasteiger partial charge in [-0.3, -0.25) is 4.79 Å². The summed E-state index contributed by atoms with van der Waals surface area (Å²) in [7, 11) is 0. The molecule has 2 aromatic carbocycles. The van der Waals surface area contributed by atoms with Gasteiger partial charge in [-0.05, 0) is 24.1 Å². The Balaban J connectivity index is 1.79. The van der Waals surface area contributed by atoms with Crippen molar-refractivity contribution in [3.63, 3.8) is 0 Å². The summed E-state index contributed by atoms with van der Waals surface area (Å²) in [6.45, 7) is 1.95. The minimum absolute atomic E-state index is 0.140. The standard InChI is InChI=1S/C20H18N2OS/c1-15-21-18(14-24-15)12-13-19(23)22-20(16-8-4-2-5-9-16)17-10-6-3-7-11-17/h2-14,20H,1H3,(H,22,23)/b13-12+. The summed E-state index contributed by atoms with van der Waals surface area (Å²) < 4.78 is 0. The molecule has 4 heteroatoms. The van der Waals surface area contributed by atoms with Crippen LogP contribution in [0.3, 0.4) is 0 Å². The monoisotopic (exact) mass is 334 g/mol. The van der Waals surface area contributed by atoms with Crippen LogP contribution in [0, 0.1) is 6.92 Å². The van der Waals surface area contributed by atoms with Crippen molar-refractivity contribution >= 4 is 23.3 Å². The zero-order valence-corrected chi connectivity index (χ0v) is 14.2. The fourth-order valence-corrected chi connectivity index (χ4v) is 3.04. The van der Waals surface area contributed by atoms with Crippen molar-refractivity contribution in [3.05, 3.63) is 93.9 Å². The molecule has 3 rings (SSSR count). The SMILES string of the molecule is Cc1nc(/C=C/C(=O)NC(c2ccccc2)c2ccccc2)cs1. The molecule has 1 amide bonds. The number of hydrogen-bond donors (Lipinski definition) is 1. The van der Waals surface area contributed by atoms with Gasteiger partial charge in [0.2, 0.25) is 5.91 Å². The van der Waals surface area contributed by atoms with Crippen LogP contribution >= 0.6 is 11.3 Å². The normalized spacial score (nSPS) is 11.1. The molecule has 0 saturated heterocycles. The van der Waals surface area contributed by atoms with E-state index >= 15 is 0 Å². The number of amides is 1. The number of benzene rings is 2. The van der Waals surface area contributed by atoms with Crippen LogP contribution in [0.1, 0.15) is 27.9 Å². The molecule has 3 aromatic rings. The number of hydrogen-bond acceptors (Lipinski definition) is 3. The average molecular weight is 334 g/mol. The van der Waals surface area contributed by atoms with Crippen LogP contribution in [0.5, 0.6) is 0 Å². The topological polar surface area (TPSA) is 42.0 Å². The number of aryl methyl sites for hydroxylation is 1. The van der Waals surface area contributed by atoms with Crippen molar-refractivity contribution in [2.75, 3.05) is 0 Å². The van der Waals surface area contributed by atoms with Crippen LogP contribution in [0.2, 0.25) is 0 Å². The van der Waals surface area contributed by atoms with Gasteiger partial charge in [-0.2, -0.15) is 0 Å². The molecular formula is C20H18N2OS. The number of thiazole rings is 1. The molecule has 1 N–H and O–H groups in total. The van der Waals surface area contributed by atoms with Crippen molar-refractivity contribution in [3.8, 4) is 0 Å². The highest BCUT2D eigenvalue weighted by molar-refractivity contribution is 7.09. The molecule has 0 fully saturated rings.